The molecule has 0 aliphatic rings. The molecular formula is C14H18N2O4. The molecule has 6 nitrogen and oxygen atoms in total. The molecule has 0 radical (unpaired) electrons. The molecule has 3 N–H and O–H groups in total. The molecule has 1 rings (SSSR count). The van der Waals surface area contributed by atoms with Gasteiger partial charge in [-0.25, -0.2) is 4.79 Å². The molecule has 0 atom stereocenters. The van der Waals surface area contributed by atoms with E-state index in [2.05, 4.69) is 10.6 Å². The van der Waals surface area contributed by atoms with Gasteiger partial charge in [-0.2, -0.15) is 0 Å². The summed E-state index contributed by atoms with van der Waals surface area (Å²) in [6, 6.07) is 6.07. The number of nitrogens with one attached hydrogen (secondary N) is 2. The first kappa shape index (κ1) is 15.7. The van der Waals surface area contributed by atoms with Gasteiger partial charge in [-0.1, -0.05) is 12.1 Å². The van der Waals surface area contributed by atoms with Crippen molar-refractivity contribution in [2.45, 2.75) is 26.3 Å². The molecule has 0 heterocycles. The van der Waals surface area contributed by atoms with Crippen molar-refractivity contribution in [1.29, 1.82) is 0 Å². The molecule has 0 aromatic heterocycles. The summed E-state index contributed by atoms with van der Waals surface area (Å²) in [5.41, 5.74) is 0.863. The topological polar surface area (TPSA) is 95.5 Å². The zero-order valence-corrected chi connectivity index (χ0v) is 11.5. The normalized spacial score (nSPS) is 10.2. The number of carbonyl (C=O) groups is 3. The van der Waals surface area contributed by atoms with Crippen LogP contribution in [0.25, 0.3) is 0 Å². The minimum absolute atomic E-state index is 0.0305. The van der Waals surface area contributed by atoms with E-state index in [4.69, 9.17) is 5.11 Å². The lowest BCUT2D eigenvalue weighted by molar-refractivity contribution is -0.126. The maximum atomic E-state index is 11.6. The van der Waals surface area contributed by atoms with E-state index in [1.807, 2.05) is 13.8 Å². The highest BCUT2D eigenvalue weighted by Gasteiger charge is 2.08. The Morgan fingerprint density at radius 3 is 2.20 bits per heavy atom. The predicted octanol–water partition coefficient (Wildman–Crippen LogP) is 0.568. The van der Waals surface area contributed by atoms with E-state index in [0.717, 1.165) is 0 Å². The van der Waals surface area contributed by atoms with Gasteiger partial charge in [0.25, 0.3) is 0 Å². The van der Waals surface area contributed by atoms with Crippen molar-refractivity contribution in [1.82, 2.24) is 10.6 Å². The van der Waals surface area contributed by atoms with Gasteiger partial charge < -0.3 is 15.7 Å². The Morgan fingerprint density at radius 2 is 1.70 bits per heavy atom. The number of benzene rings is 1. The average molecular weight is 278 g/mol. The molecule has 1 aromatic rings. The second-order valence-corrected chi connectivity index (χ2v) is 4.68. The van der Waals surface area contributed by atoms with Crippen molar-refractivity contribution in [3.63, 3.8) is 0 Å². The van der Waals surface area contributed by atoms with Gasteiger partial charge in [0, 0.05) is 6.04 Å². The molecule has 0 spiro atoms. The average Bonchev–Trinajstić information content (AvgIpc) is 2.36. The quantitative estimate of drug-likeness (QED) is 0.709. The number of aromatic carboxylic acids is 1. The van der Waals surface area contributed by atoms with Gasteiger partial charge in [0.2, 0.25) is 11.8 Å². The first-order valence-electron chi connectivity index (χ1n) is 6.26. The van der Waals surface area contributed by atoms with Gasteiger partial charge in [-0.15, -0.1) is 0 Å². The fourth-order valence-corrected chi connectivity index (χ4v) is 1.56. The van der Waals surface area contributed by atoms with Crippen molar-refractivity contribution in [3.8, 4) is 0 Å². The summed E-state index contributed by atoms with van der Waals surface area (Å²) in [7, 11) is 0. The van der Waals surface area contributed by atoms with E-state index in [1.165, 1.54) is 12.1 Å². The van der Waals surface area contributed by atoms with Crippen LogP contribution in [0.5, 0.6) is 0 Å². The van der Waals surface area contributed by atoms with Gasteiger partial charge >= 0.3 is 5.97 Å². The molecule has 0 saturated carbocycles. The molecule has 2 amide bonds. The van der Waals surface area contributed by atoms with Gasteiger partial charge in [-0.05, 0) is 31.5 Å². The first-order valence-corrected chi connectivity index (χ1v) is 6.26. The monoisotopic (exact) mass is 278 g/mol. The summed E-state index contributed by atoms with van der Waals surface area (Å²) < 4.78 is 0. The maximum absolute atomic E-state index is 11.6. The van der Waals surface area contributed by atoms with Gasteiger partial charge in [-0.3, -0.25) is 9.59 Å². The molecule has 0 fully saturated rings. The Bertz CT molecular complexity index is 494. The van der Waals surface area contributed by atoms with E-state index in [9.17, 15) is 14.4 Å². The van der Waals surface area contributed by atoms with Crippen LogP contribution in [0, 0.1) is 0 Å². The van der Waals surface area contributed by atoms with E-state index in [-0.39, 0.29) is 36.4 Å². The predicted molar refractivity (Wildman–Crippen MR) is 73.4 cm³/mol. The maximum Gasteiger partial charge on any atom is 0.335 e. The molecule has 0 aliphatic heterocycles. The van der Waals surface area contributed by atoms with Gasteiger partial charge in [0.1, 0.15) is 0 Å². The highest BCUT2D eigenvalue weighted by atomic mass is 16.4. The molecule has 20 heavy (non-hydrogen) atoms. The number of carbonyl (C=O) groups excluding carboxylic acids is 2. The van der Waals surface area contributed by atoms with Crippen molar-refractivity contribution >= 4 is 17.8 Å². The summed E-state index contributed by atoms with van der Waals surface area (Å²) in [6.07, 6.45) is 0.106. The summed E-state index contributed by atoms with van der Waals surface area (Å²) >= 11 is 0. The van der Waals surface area contributed by atoms with Crippen LogP contribution in [0.4, 0.5) is 0 Å². The Labute approximate surface area is 117 Å². The van der Waals surface area contributed by atoms with Crippen molar-refractivity contribution in [2.24, 2.45) is 0 Å². The lowest BCUT2D eigenvalue weighted by Crippen LogP contribution is -2.40. The minimum atomic E-state index is -1.01. The smallest absolute Gasteiger partial charge is 0.335 e. The summed E-state index contributed by atoms with van der Waals surface area (Å²) in [5, 5.41) is 13.9. The molecule has 6 heteroatoms. The molecule has 0 unspecified atom stereocenters. The number of rotatable bonds is 6. The fraction of sp³-hybridized carbons (Fsp3) is 0.357. The van der Waals surface area contributed by atoms with Crippen LogP contribution < -0.4 is 10.6 Å². The Balaban J connectivity index is 2.42. The third-order valence-electron chi connectivity index (χ3n) is 2.46. The third-order valence-corrected chi connectivity index (χ3v) is 2.46. The third kappa shape index (κ3) is 5.51. The van der Waals surface area contributed by atoms with E-state index >= 15 is 0 Å². The standard InChI is InChI=1S/C14H18N2O4/c1-9(2)16-13(18)8-15-12(17)7-10-3-5-11(6-4-10)14(19)20/h3-6,9H,7-8H2,1-2H3,(H,15,17)(H,16,18)(H,19,20). The Kier molecular flexibility index (Phi) is 5.71. The number of carboxylic acids is 1. The summed E-state index contributed by atoms with van der Waals surface area (Å²) in [5.74, 6) is -1.53. The van der Waals surface area contributed by atoms with Crippen LogP contribution in [0.3, 0.4) is 0 Å². The lowest BCUT2D eigenvalue weighted by Gasteiger charge is -2.09. The largest absolute Gasteiger partial charge is 0.478 e. The minimum Gasteiger partial charge on any atom is -0.478 e. The zero-order chi connectivity index (χ0) is 15.1. The Morgan fingerprint density at radius 1 is 1.10 bits per heavy atom. The van der Waals surface area contributed by atoms with Gasteiger partial charge in [0.15, 0.2) is 0 Å². The van der Waals surface area contributed by atoms with Crippen LogP contribution >= 0.6 is 0 Å². The van der Waals surface area contributed by atoms with E-state index in [1.54, 1.807) is 12.1 Å². The number of hydrogen-bond donors (Lipinski definition) is 3. The highest BCUT2D eigenvalue weighted by molar-refractivity contribution is 5.88. The molecular weight excluding hydrogens is 260 g/mol. The number of amides is 2. The SMILES string of the molecule is CC(C)NC(=O)CNC(=O)Cc1ccc(C(=O)O)cc1. The molecule has 0 saturated heterocycles. The molecule has 1 aromatic carbocycles. The van der Waals surface area contributed by atoms with Crippen LogP contribution in [0.15, 0.2) is 24.3 Å². The van der Waals surface area contributed by atoms with Crippen LogP contribution in [-0.2, 0) is 16.0 Å². The molecule has 0 bridgehead atoms. The molecule has 0 aliphatic carbocycles. The lowest BCUT2D eigenvalue weighted by atomic mass is 10.1. The van der Waals surface area contributed by atoms with Crippen molar-refractivity contribution in [2.75, 3.05) is 6.54 Å². The number of carboxylic acid groups (broad SMARTS) is 1. The highest BCUT2D eigenvalue weighted by Crippen LogP contribution is 2.05. The summed E-state index contributed by atoms with van der Waals surface area (Å²) in [6.45, 7) is 3.61. The van der Waals surface area contributed by atoms with Gasteiger partial charge in [0.05, 0.1) is 18.5 Å². The fourth-order valence-electron chi connectivity index (χ4n) is 1.56. The zero-order valence-electron chi connectivity index (χ0n) is 11.5. The second-order valence-electron chi connectivity index (χ2n) is 4.68. The Hall–Kier alpha value is -2.37. The van der Waals surface area contributed by atoms with Crippen molar-refractivity contribution in [3.05, 3.63) is 35.4 Å². The first-order chi connectivity index (χ1) is 9.38. The van der Waals surface area contributed by atoms with Crippen LogP contribution in [0.2, 0.25) is 0 Å². The molecule has 108 valence electrons. The van der Waals surface area contributed by atoms with E-state index < -0.39 is 5.97 Å². The second kappa shape index (κ2) is 7.28. The van der Waals surface area contributed by atoms with Crippen LogP contribution in [-0.4, -0.2) is 35.5 Å². The van der Waals surface area contributed by atoms with Crippen LogP contribution in [0.1, 0.15) is 29.8 Å². The van der Waals surface area contributed by atoms with Crippen molar-refractivity contribution < 1.29 is 19.5 Å². The number of hydrogen-bond acceptors (Lipinski definition) is 3. The summed E-state index contributed by atoms with van der Waals surface area (Å²) in [4.78, 5) is 33.6. The van der Waals surface area contributed by atoms with E-state index in [0.29, 0.717) is 5.56 Å².